The van der Waals surface area contributed by atoms with E-state index in [0.29, 0.717) is 0 Å². The van der Waals surface area contributed by atoms with E-state index in [2.05, 4.69) is 4.98 Å². The molecule has 2 amide bonds. The molecule has 1 heterocycles. The highest BCUT2D eigenvalue weighted by atomic mass is 16.6. The molecule has 1 rings (SSSR count). The molecule has 0 fully saturated rings. The van der Waals surface area contributed by atoms with Crippen molar-refractivity contribution in [1.29, 1.82) is 0 Å². The van der Waals surface area contributed by atoms with Gasteiger partial charge in [-0.25, -0.2) is 4.79 Å². The molecule has 0 bridgehead atoms. The fourth-order valence-corrected chi connectivity index (χ4v) is 1.78. The maximum atomic E-state index is 12.3. The molecule has 0 saturated carbocycles. The first-order chi connectivity index (χ1) is 10.1. The molecule has 0 aliphatic rings. The highest BCUT2D eigenvalue weighted by Crippen LogP contribution is 2.17. The van der Waals surface area contributed by atoms with Crippen LogP contribution in [0.5, 0.6) is 0 Å². The lowest BCUT2D eigenvalue weighted by atomic mass is 10.1. The highest BCUT2D eigenvalue weighted by molar-refractivity contribution is 5.82. The van der Waals surface area contributed by atoms with Crippen LogP contribution in [0.15, 0.2) is 24.5 Å². The predicted octanol–water partition coefficient (Wildman–Crippen LogP) is 2.47. The van der Waals surface area contributed by atoms with Crippen LogP contribution in [0.25, 0.3) is 0 Å². The maximum Gasteiger partial charge on any atom is 0.410 e. The molecule has 122 valence electrons. The second-order valence-electron chi connectivity index (χ2n) is 6.30. The van der Waals surface area contributed by atoms with Crippen molar-refractivity contribution in [3.05, 3.63) is 30.1 Å². The Morgan fingerprint density at radius 2 is 1.95 bits per heavy atom. The third kappa shape index (κ3) is 5.35. The number of aromatic nitrogens is 1. The third-order valence-electron chi connectivity index (χ3n) is 3.22. The van der Waals surface area contributed by atoms with Crippen LogP contribution < -0.4 is 0 Å². The van der Waals surface area contributed by atoms with Crippen LogP contribution in [0.4, 0.5) is 4.79 Å². The first-order valence-corrected chi connectivity index (χ1v) is 7.21. The largest absolute Gasteiger partial charge is 0.444 e. The van der Waals surface area contributed by atoms with Crippen molar-refractivity contribution in [1.82, 2.24) is 14.8 Å². The average Bonchev–Trinajstić information content (AvgIpc) is 2.44. The molecule has 6 heteroatoms. The molecule has 0 saturated heterocycles. The van der Waals surface area contributed by atoms with E-state index in [1.54, 1.807) is 52.2 Å². The SMILES string of the molecule is CC(c1cccnc1)N(C)C(=O)CN(C)C(=O)OC(C)(C)C. The molecule has 22 heavy (non-hydrogen) atoms. The lowest BCUT2D eigenvalue weighted by Gasteiger charge is -2.28. The molecule has 0 spiro atoms. The predicted molar refractivity (Wildman–Crippen MR) is 84.3 cm³/mol. The van der Waals surface area contributed by atoms with Gasteiger partial charge in [0.2, 0.25) is 5.91 Å². The summed E-state index contributed by atoms with van der Waals surface area (Å²) in [6.07, 6.45) is 2.91. The minimum atomic E-state index is -0.580. The van der Waals surface area contributed by atoms with Gasteiger partial charge in [-0.05, 0) is 39.3 Å². The quantitative estimate of drug-likeness (QED) is 0.857. The van der Waals surface area contributed by atoms with Crippen LogP contribution in [-0.2, 0) is 9.53 Å². The number of likely N-dealkylation sites (N-methyl/N-ethyl adjacent to an activating group) is 2. The summed E-state index contributed by atoms with van der Waals surface area (Å²) in [6, 6.07) is 3.63. The molecule has 1 aromatic rings. The van der Waals surface area contributed by atoms with E-state index in [4.69, 9.17) is 4.74 Å². The van der Waals surface area contributed by atoms with E-state index >= 15 is 0 Å². The Morgan fingerprint density at radius 1 is 1.32 bits per heavy atom. The molecule has 1 aromatic heterocycles. The number of amides is 2. The van der Waals surface area contributed by atoms with Crippen LogP contribution >= 0.6 is 0 Å². The zero-order valence-electron chi connectivity index (χ0n) is 14.2. The molecule has 0 N–H and O–H groups in total. The summed E-state index contributed by atoms with van der Waals surface area (Å²) in [4.78, 5) is 31.1. The third-order valence-corrected chi connectivity index (χ3v) is 3.22. The minimum Gasteiger partial charge on any atom is -0.444 e. The molecular formula is C16H25N3O3. The standard InChI is InChI=1S/C16H25N3O3/c1-12(13-8-7-9-17-10-13)19(6)14(20)11-18(5)15(21)22-16(2,3)4/h7-10,12H,11H2,1-6H3. The zero-order valence-corrected chi connectivity index (χ0v) is 14.2. The molecule has 1 unspecified atom stereocenters. The van der Waals surface area contributed by atoms with Gasteiger partial charge in [0, 0.05) is 26.5 Å². The van der Waals surface area contributed by atoms with Gasteiger partial charge in [-0.15, -0.1) is 0 Å². The van der Waals surface area contributed by atoms with Crippen LogP contribution in [0.3, 0.4) is 0 Å². The van der Waals surface area contributed by atoms with Crippen molar-refractivity contribution in [2.24, 2.45) is 0 Å². The second-order valence-corrected chi connectivity index (χ2v) is 6.30. The summed E-state index contributed by atoms with van der Waals surface area (Å²) in [5.74, 6) is -0.162. The maximum absolute atomic E-state index is 12.3. The second kappa shape index (κ2) is 7.24. The molecule has 0 aromatic carbocycles. The Kier molecular flexibility index (Phi) is 5.91. The van der Waals surface area contributed by atoms with Crippen molar-refractivity contribution in [2.45, 2.75) is 39.3 Å². The Balaban J connectivity index is 2.62. The number of ether oxygens (including phenoxy) is 1. The number of carbonyl (C=O) groups is 2. The molecule has 1 atom stereocenters. The summed E-state index contributed by atoms with van der Waals surface area (Å²) in [6.45, 7) is 7.25. The molecule has 6 nitrogen and oxygen atoms in total. The van der Waals surface area contributed by atoms with Crippen LogP contribution in [0.2, 0.25) is 0 Å². The smallest absolute Gasteiger partial charge is 0.410 e. The van der Waals surface area contributed by atoms with Crippen molar-refractivity contribution >= 4 is 12.0 Å². The lowest BCUT2D eigenvalue weighted by molar-refractivity contribution is -0.132. The zero-order chi connectivity index (χ0) is 16.9. The normalized spacial score (nSPS) is 12.5. The van der Waals surface area contributed by atoms with Crippen LogP contribution in [0, 0.1) is 0 Å². The van der Waals surface area contributed by atoms with Gasteiger partial charge in [0.1, 0.15) is 12.1 Å². The van der Waals surface area contributed by atoms with E-state index in [-0.39, 0.29) is 18.5 Å². The van der Waals surface area contributed by atoms with Gasteiger partial charge < -0.3 is 14.5 Å². The molecule has 0 aliphatic carbocycles. The monoisotopic (exact) mass is 307 g/mol. The number of rotatable bonds is 4. The number of pyridine rings is 1. The highest BCUT2D eigenvalue weighted by Gasteiger charge is 2.24. The number of hydrogen-bond donors (Lipinski definition) is 0. The Bertz CT molecular complexity index is 511. The Labute approximate surface area is 132 Å². The van der Waals surface area contributed by atoms with Gasteiger partial charge in [-0.2, -0.15) is 0 Å². The van der Waals surface area contributed by atoms with Gasteiger partial charge in [-0.1, -0.05) is 6.07 Å². The molecule has 0 aliphatic heterocycles. The lowest BCUT2D eigenvalue weighted by Crippen LogP contribution is -2.42. The minimum absolute atomic E-state index is 0.0317. The summed E-state index contributed by atoms with van der Waals surface area (Å²) in [5.41, 5.74) is 0.363. The first kappa shape index (κ1) is 17.9. The average molecular weight is 307 g/mol. The van der Waals surface area contributed by atoms with Crippen molar-refractivity contribution in [2.75, 3.05) is 20.6 Å². The van der Waals surface area contributed by atoms with Crippen molar-refractivity contribution < 1.29 is 14.3 Å². The number of carbonyl (C=O) groups excluding carboxylic acids is 2. The van der Waals surface area contributed by atoms with Gasteiger partial charge in [-0.3, -0.25) is 9.78 Å². The van der Waals surface area contributed by atoms with Crippen LogP contribution in [-0.4, -0.2) is 53.0 Å². The molecule has 0 radical (unpaired) electrons. The van der Waals surface area contributed by atoms with E-state index in [1.165, 1.54) is 4.90 Å². The van der Waals surface area contributed by atoms with E-state index < -0.39 is 11.7 Å². The molecular weight excluding hydrogens is 282 g/mol. The van der Waals surface area contributed by atoms with Gasteiger partial charge >= 0.3 is 6.09 Å². The van der Waals surface area contributed by atoms with Gasteiger partial charge in [0.15, 0.2) is 0 Å². The fraction of sp³-hybridized carbons (Fsp3) is 0.562. The summed E-state index contributed by atoms with van der Waals surface area (Å²) < 4.78 is 5.23. The van der Waals surface area contributed by atoms with Gasteiger partial charge in [0.25, 0.3) is 0 Å². The first-order valence-electron chi connectivity index (χ1n) is 7.21. The topological polar surface area (TPSA) is 62.7 Å². The van der Waals surface area contributed by atoms with E-state index in [9.17, 15) is 9.59 Å². The van der Waals surface area contributed by atoms with E-state index in [0.717, 1.165) is 5.56 Å². The summed E-state index contributed by atoms with van der Waals surface area (Å²) >= 11 is 0. The summed E-state index contributed by atoms with van der Waals surface area (Å²) in [5, 5.41) is 0. The van der Waals surface area contributed by atoms with Gasteiger partial charge in [0.05, 0.1) is 6.04 Å². The fourth-order valence-electron chi connectivity index (χ4n) is 1.78. The van der Waals surface area contributed by atoms with E-state index in [1.807, 2.05) is 19.1 Å². The number of hydrogen-bond acceptors (Lipinski definition) is 4. The van der Waals surface area contributed by atoms with Crippen LogP contribution in [0.1, 0.15) is 39.3 Å². The number of nitrogens with zero attached hydrogens (tertiary/aromatic N) is 3. The van der Waals surface area contributed by atoms with Crippen molar-refractivity contribution in [3.8, 4) is 0 Å². The summed E-state index contributed by atoms with van der Waals surface area (Å²) in [7, 11) is 3.26. The Hall–Kier alpha value is -2.11. The van der Waals surface area contributed by atoms with Crippen molar-refractivity contribution in [3.63, 3.8) is 0 Å². The Morgan fingerprint density at radius 3 is 2.45 bits per heavy atom.